The van der Waals surface area contributed by atoms with Gasteiger partial charge in [0.15, 0.2) is 0 Å². The minimum atomic E-state index is -4.33. The minimum absolute atomic E-state index is 0.0304. The Morgan fingerprint density at radius 3 is 2.10 bits per heavy atom. The highest BCUT2D eigenvalue weighted by atomic mass is 32.2. The van der Waals surface area contributed by atoms with Crippen LogP contribution in [0.25, 0.3) is 0 Å². The Hall–Kier alpha value is -4.23. The quantitative estimate of drug-likeness (QED) is 0.0467. The lowest BCUT2D eigenvalue weighted by Crippen LogP contribution is -2.51. The lowest BCUT2D eigenvalue weighted by molar-refractivity contribution is -0.889. The van der Waals surface area contributed by atoms with E-state index in [1.807, 2.05) is 14.1 Å². The normalized spacial score (nSPS) is 15.5. The number of hydroxylamine groups is 2. The summed E-state index contributed by atoms with van der Waals surface area (Å²) in [4.78, 5) is 102. The van der Waals surface area contributed by atoms with Crippen LogP contribution in [0.5, 0.6) is 0 Å². The molecule has 1 fully saturated rings. The first-order valence-corrected chi connectivity index (χ1v) is 17.7. The fourth-order valence-corrected chi connectivity index (χ4v) is 5.44. The number of hydrogen-bond donors (Lipinski definition) is 3. The molecule has 274 valence electrons. The van der Waals surface area contributed by atoms with Crippen LogP contribution in [0, 0.1) is 0 Å². The maximum atomic E-state index is 13.1. The lowest BCUT2D eigenvalue weighted by atomic mass is 10.1. The number of nitrogens with one attached hydrogen (secondary N) is 3. The Kier molecular flexibility index (Phi) is 16.5. The zero-order valence-corrected chi connectivity index (χ0v) is 28.7. The van der Waals surface area contributed by atoms with Gasteiger partial charge in [-0.25, -0.2) is 13.2 Å². The molecule has 0 radical (unpaired) electrons. The summed E-state index contributed by atoms with van der Waals surface area (Å²) in [7, 11) is -0.689. The predicted molar refractivity (Wildman–Crippen MR) is 169 cm³/mol. The van der Waals surface area contributed by atoms with Crippen LogP contribution in [0.3, 0.4) is 0 Å². The third kappa shape index (κ3) is 16.1. The van der Waals surface area contributed by atoms with Gasteiger partial charge in [0.2, 0.25) is 17.7 Å². The highest BCUT2D eigenvalue weighted by Gasteiger charge is 2.33. The first-order chi connectivity index (χ1) is 23.0. The van der Waals surface area contributed by atoms with Crippen molar-refractivity contribution in [1.82, 2.24) is 25.9 Å². The maximum Gasteiger partial charge on any atom is 0.333 e. The van der Waals surface area contributed by atoms with Crippen LogP contribution in [0.2, 0.25) is 0 Å². The van der Waals surface area contributed by atoms with Crippen molar-refractivity contribution >= 4 is 57.4 Å². The predicted octanol–water partition coefficient (Wildman–Crippen LogP) is -1.63. The molecule has 0 aromatic rings. The number of amides is 7. The molecule has 18 nitrogen and oxygen atoms in total. The van der Waals surface area contributed by atoms with Crippen molar-refractivity contribution in [3.05, 3.63) is 12.2 Å². The van der Waals surface area contributed by atoms with Gasteiger partial charge in [-0.15, -0.1) is 5.06 Å². The molecule has 2 aliphatic heterocycles. The summed E-state index contributed by atoms with van der Waals surface area (Å²) in [5.41, 5.74) is 0. The third-order valence-corrected chi connectivity index (χ3v) is 8.53. The van der Waals surface area contributed by atoms with Crippen molar-refractivity contribution in [2.75, 3.05) is 52.6 Å². The van der Waals surface area contributed by atoms with Gasteiger partial charge < -0.3 is 29.8 Å². The number of nitrogens with zero attached hydrogens (tertiary/aromatic N) is 3. The van der Waals surface area contributed by atoms with Gasteiger partial charge in [-0.2, -0.15) is 0 Å². The fraction of sp³-hybridized carbons (Fsp3) is 0.667. The van der Waals surface area contributed by atoms with Gasteiger partial charge in [0.05, 0.1) is 43.8 Å². The van der Waals surface area contributed by atoms with E-state index in [9.17, 15) is 51.3 Å². The molecule has 49 heavy (non-hydrogen) atoms. The molecular formula is C30H46N6O12S. The second-order valence-corrected chi connectivity index (χ2v) is 13.9. The Balaban J connectivity index is 1.80. The van der Waals surface area contributed by atoms with Gasteiger partial charge in [-0.05, 0) is 32.1 Å². The molecule has 19 heteroatoms. The number of carbonyl (C=O) groups is 8. The van der Waals surface area contributed by atoms with Gasteiger partial charge in [0.1, 0.15) is 6.04 Å². The van der Waals surface area contributed by atoms with Crippen LogP contribution >= 0.6 is 0 Å². The van der Waals surface area contributed by atoms with Gasteiger partial charge in [0.25, 0.3) is 23.6 Å². The van der Waals surface area contributed by atoms with Crippen molar-refractivity contribution in [3.63, 3.8) is 0 Å². The van der Waals surface area contributed by atoms with Crippen LogP contribution in [-0.4, -0.2) is 133 Å². The Bertz CT molecular complexity index is 1360. The van der Waals surface area contributed by atoms with Crippen LogP contribution in [0.4, 0.5) is 0 Å². The molecule has 7 amide bonds. The molecule has 2 heterocycles. The number of likely N-dealkylation sites (N-methyl/N-ethyl adjacent to an activating group) is 1. The topological polar surface area (TPSA) is 246 Å². The Morgan fingerprint density at radius 1 is 0.837 bits per heavy atom. The molecule has 0 aromatic carbocycles. The van der Waals surface area contributed by atoms with E-state index in [0.29, 0.717) is 48.4 Å². The first kappa shape index (κ1) is 40.9. The highest BCUT2D eigenvalue weighted by Crippen LogP contribution is 2.13. The summed E-state index contributed by atoms with van der Waals surface area (Å²) in [5.74, 6) is -4.65. The molecule has 2 rings (SSSR count). The SMILES string of the molecule is C[N+](C)(CCCS(=O)(=O)[O-])CCNC(=O)[C@H](CCCCNC(=O)CCCN1C(=O)C=CC1=O)NC(=O)CCCC(=O)ON1C(=O)CCC1=O. The number of rotatable bonds is 23. The van der Waals surface area contributed by atoms with Crippen LogP contribution in [0.15, 0.2) is 12.2 Å². The zero-order chi connectivity index (χ0) is 36.6. The van der Waals surface area contributed by atoms with E-state index in [1.165, 1.54) is 12.2 Å². The monoisotopic (exact) mass is 714 g/mol. The summed E-state index contributed by atoms with van der Waals surface area (Å²) in [6, 6.07) is -0.944. The van der Waals surface area contributed by atoms with E-state index >= 15 is 0 Å². The van der Waals surface area contributed by atoms with Gasteiger partial charge in [-0.3, -0.25) is 38.5 Å². The molecule has 0 unspecified atom stereocenters. The number of imide groups is 2. The fourth-order valence-electron chi connectivity index (χ4n) is 4.96. The largest absolute Gasteiger partial charge is 0.748 e. The van der Waals surface area contributed by atoms with Crippen LogP contribution in [0.1, 0.15) is 70.6 Å². The van der Waals surface area contributed by atoms with Crippen molar-refractivity contribution in [1.29, 1.82) is 0 Å². The second kappa shape index (κ2) is 19.7. The smallest absolute Gasteiger partial charge is 0.333 e. The zero-order valence-electron chi connectivity index (χ0n) is 27.9. The third-order valence-electron chi connectivity index (χ3n) is 7.74. The molecule has 0 saturated carbocycles. The van der Waals surface area contributed by atoms with Crippen molar-refractivity contribution < 1.29 is 60.6 Å². The second-order valence-electron chi connectivity index (χ2n) is 12.4. The molecule has 0 spiro atoms. The first-order valence-electron chi connectivity index (χ1n) is 16.2. The molecule has 0 aliphatic carbocycles. The summed E-state index contributed by atoms with van der Waals surface area (Å²) in [6.45, 7) is 1.42. The molecule has 1 saturated heterocycles. The standard InChI is InChI=1S/C30H46N6O12S/c1-36(2,19-7-21-49(45,46)47)20-17-32-30(44)22(33-24(38)9-5-11-29(43)48-35-27(41)14-15-28(35)42)8-3-4-16-31-23(37)10-6-18-34-25(39)12-13-26(34)40/h12-13,22H,3-11,14-21H2,1-2H3,(H3-,31,32,33,37,38,44,45,46,47)/t22-/m0/s1. The number of hydrogen-bond acceptors (Lipinski definition) is 12. The molecule has 1 atom stereocenters. The molecule has 3 N–H and O–H groups in total. The number of unbranched alkanes of at least 4 members (excludes halogenated alkanes) is 1. The maximum absolute atomic E-state index is 13.1. The van der Waals surface area contributed by atoms with Crippen LogP contribution < -0.4 is 16.0 Å². The average Bonchev–Trinajstić information content (AvgIpc) is 3.49. The number of quaternary nitrogens is 1. The van der Waals surface area contributed by atoms with Crippen molar-refractivity contribution in [2.45, 2.75) is 76.7 Å². The van der Waals surface area contributed by atoms with E-state index in [4.69, 9.17) is 4.84 Å². The van der Waals surface area contributed by atoms with E-state index in [2.05, 4.69) is 16.0 Å². The van der Waals surface area contributed by atoms with E-state index < -0.39 is 63.3 Å². The van der Waals surface area contributed by atoms with Crippen molar-refractivity contribution in [2.24, 2.45) is 0 Å². The highest BCUT2D eigenvalue weighted by molar-refractivity contribution is 7.85. The number of carbonyl (C=O) groups excluding carboxylic acids is 8. The van der Waals surface area contributed by atoms with Crippen LogP contribution in [-0.2, 0) is 53.3 Å². The Morgan fingerprint density at radius 2 is 1.47 bits per heavy atom. The minimum Gasteiger partial charge on any atom is -0.748 e. The summed E-state index contributed by atoms with van der Waals surface area (Å²) < 4.78 is 33.0. The molecule has 2 aliphatic rings. The summed E-state index contributed by atoms with van der Waals surface area (Å²) in [5, 5.41) is 8.59. The average molecular weight is 715 g/mol. The van der Waals surface area contributed by atoms with Gasteiger partial charge in [0, 0.05) is 69.5 Å². The summed E-state index contributed by atoms with van der Waals surface area (Å²) >= 11 is 0. The van der Waals surface area contributed by atoms with E-state index in [1.54, 1.807) is 0 Å². The molecular weight excluding hydrogens is 668 g/mol. The Labute approximate surface area is 285 Å². The van der Waals surface area contributed by atoms with Gasteiger partial charge in [-0.1, -0.05) is 0 Å². The van der Waals surface area contributed by atoms with Gasteiger partial charge >= 0.3 is 5.97 Å². The summed E-state index contributed by atoms with van der Waals surface area (Å²) in [6.07, 6.45) is 3.61. The lowest BCUT2D eigenvalue weighted by Gasteiger charge is -2.30. The van der Waals surface area contributed by atoms with E-state index in [0.717, 1.165) is 4.90 Å². The van der Waals surface area contributed by atoms with Crippen molar-refractivity contribution in [3.8, 4) is 0 Å². The van der Waals surface area contributed by atoms with E-state index in [-0.39, 0.29) is 70.4 Å². The molecule has 0 bridgehead atoms. The molecule has 0 aromatic heterocycles.